The molecule has 2 unspecified atom stereocenters. The van der Waals surface area contributed by atoms with Crippen molar-refractivity contribution in [2.24, 2.45) is 5.92 Å². The molecule has 0 radical (unpaired) electrons. The summed E-state index contributed by atoms with van der Waals surface area (Å²) in [6, 6.07) is 0.661. The number of rotatable bonds is 3. The summed E-state index contributed by atoms with van der Waals surface area (Å²) in [5, 5.41) is 12.5. The van der Waals surface area contributed by atoms with Gasteiger partial charge in [0.25, 0.3) is 0 Å². The van der Waals surface area contributed by atoms with Crippen molar-refractivity contribution in [1.82, 2.24) is 10.2 Å². The summed E-state index contributed by atoms with van der Waals surface area (Å²) >= 11 is 0. The highest BCUT2D eigenvalue weighted by molar-refractivity contribution is 5.69. The van der Waals surface area contributed by atoms with Gasteiger partial charge in [-0.1, -0.05) is 12.8 Å². The molecule has 0 aromatic heterocycles. The van der Waals surface area contributed by atoms with Gasteiger partial charge in [0.1, 0.15) is 0 Å². The van der Waals surface area contributed by atoms with Crippen molar-refractivity contribution in [2.75, 3.05) is 19.6 Å². The first-order valence-corrected chi connectivity index (χ1v) is 7.41. The Morgan fingerprint density at radius 3 is 2.61 bits per heavy atom. The molecule has 0 aromatic carbocycles. The maximum absolute atomic E-state index is 11.2. The largest absolute Gasteiger partial charge is 0.481 e. The molecule has 2 heterocycles. The van der Waals surface area contributed by atoms with Gasteiger partial charge in [0.05, 0.1) is 12.0 Å². The minimum absolute atomic E-state index is 0.0769. The van der Waals surface area contributed by atoms with Crippen molar-refractivity contribution in [3.8, 4) is 0 Å². The number of hydrogen-bond acceptors (Lipinski definition) is 3. The number of nitrogens with zero attached hydrogens (tertiary/aromatic N) is 1. The minimum Gasteiger partial charge on any atom is -0.481 e. The quantitative estimate of drug-likeness (QED) is 0.798. The number of carboxylic acid groups (broad SMARTS) is 1. The average Bonchev–Trinajstić information content (AvgIpc) is 2.33. The molecule has 4 nitrogen and oxygen atoms in total. The van der Waals surface area contributed by atoms with Gasteiger partial charge in [-0.25, -0.2) is 0 Å². The Bertz CT molecular complexity index is 326. The Morgan fingerprint density at radius 1 is 1.22 bits per heavy atom. The van der Waals surface area contributed by atoms with Crippen LogP contribution < -0.4 is 5.32 Å². The van der Waals surface area contributed by atoms with Gasteiger partial charge < -0.3 is 10.4 Å². The van der Waals surface area contributed by atoms with Crippen LogP contribution >= 0.6 is 0 Å². The van der Waals surface area contributed by atoms with Gasteiger partial charge in [0, 0.05) is 19.1 Å². The second kappa shape index (κ2) is 4.82. The third-order valence-electron chi connectivity index (χ3n) is 5.24. The Balaban J connectivity index is 1.77. The van der Waals surface area contributed by atoms with Crippen molar-refractivity contribution in [2.45, 2.75) is 56.5 Å². The maximum atomic E-state index is 11.2. The normalized spacial score (nSPS) is 35.6. The van der Waals surface area contributed by atoms with Crippen LogP contribution in [0.4, 0.5) is 0 Å². The number of hydrogen-bond donors (Lipinski definition) is 2. The molecular weight excluding hydrogens is 228 g/mol. The van der Waals surface area contributed by atoms with Gasteiger partial charge in [-0.15, -0.1) is 0 Å². The predicted octanol–water partition coefficient (Wildman–Crippen LogP) is 1.46. The highest BCUT2D eigenvalue weighted by atomic mass is 16.4. The van der Waals surface area contributed by atoms with E-state index in [0.717, 1.165) is 25.6 Å². The molecule has 3 aliphatic rings. The smallest absolute Gasteiger partial charge is 0.305 e. The number of fused-ring (bicyclic) bond motifs is 1. The van der Waals surface area contributed by atoms with Crippen LogP contribution in [0.1, 0.15) is 44.9 Å². The molecular formula is C14H24N2O2. The molecule has 4 heteroatoms. The molecule has 2 atom stereocenters. The molecule has 102 valence electrons. The zero-order valence-electron chi connectivity index (χ0n) is 11.0. The molecule has 2 saturated heterocycles. The Labute approximate surface area is 109 Å². The lowest BCUT2D eigenvalue weighted by Gasteiger charge is -2.57. The molecule has 2 aliphatic heterocycles. The minimum atomic E-state index is -0.644. The van der Waals surface area contributed by atoms with E-state index in [-0.39, 0.29) is 5.54 Å². The van der Waals surface area contributed by atoms with Gasteiger partial charge in [0.15, 0.2) is 0 Å². The molecule has 3 rings (SSSR count). The lowest BCUT2D eigenvalue weighted by atomic mass is 9.74. The topological polar surface area (TPSA) is 52.6 Å². The number of carboxylic acids is 1. The second-order valence-electron chi connectivity index (χ2n) is 6.35. The zero-order valence-corrected chi connectivity index (χ0v) is 11.0. The van der Waals surface area contributed by atoms with Crippen molar-refractivity contribution in [3.63, 3.8) is 0 Å². The van der Waals surface area contributed by atoms with E-state index >= 15 is 0 Å². The lowest BCUT2D eigenvalue weighted by molar-refractivity contribution is -0.144. The van der Waals surface area contributed by atoms with E-state index in [1.807, 2.05) is 0 Å². The summed E-state index contributed by atoms with van der Waals surface area (Å²) in [4.78, 5) is 13.7. The van der Waals surface area contributed by atoms with Crippen LogP contribution in [0.2, 0.25) is 0 Å². The first kappa shape index (κ1) is 12.4. The number of likely N-dealkylation sites (tertiary alicyclic amines) is 1. The summed E-state index contributed by atoms with van der Waals surface area (Å²) in [6.45, 7) is 2.83. The summed E-state index contributed by atoms with van der Waals surface area (Å²) in [6.07, 6.45) is 8.26. The van der Waals surface area contributed by atoms with Crippen LogP contribution in [-0.2, 0) is 4.79 Å². The van der Waals surface area contributed by atoms with Crippen LogP contribution in [0.5, 0.6) is 0 Å². The number of aliphatic carboxylic acids is 1. The summed E-state index contributed by atoms with van der Waals surface area (Å²) in [7, 11) is 0. The predicted molar refractivity (Wildman–Crippen MR) is 69.5 cm³/mol. The lowest BCUT2D eigenvalue weighted by Crippen LogP contribution is -2.73. The van der Waals surface area contributed by atoms with Crippen LogP contribution in [0.15, 0.2) is 0 Å². The molecule has 0 spiro atoms. The average molecular weight is 252 g/mol. The molecule has 1 saturated carbocycles. The Kier molecular flexibility index (Phi) is 3.32. The Hall–Kier alpha value is -0.610. The van der Waals surface area contributed by atoms with Crippen LogP contribution in [0.3, 0.4) is 0 Å². The van der Waals surface area contributed by atoms with Crippen LogP contribution in [0, 0.1) is 5.92 Å². The Morgan fingerprint density at radius 2 is 1.94 bits per heavy atom. The first-order valence-electron chi connectivity index (χ1n) is 7.41. The van der Waals surface area contributed by atoms with E-state index in [1.165, 1.54) is 38.5 Å². The van der Waals surface area contributed by atoms with E-state index in [4.69, 9.17) is 0 Å². The molecule has 18 heavy (non-hydrogen) atoms. The van der Waals surface area contributed by atoms with E-state index in [0.29, 0.717) is 12.5 Å². The first-order chi connectivity index (χ1) is 8.71. The molecule has 1 aliphatic carbocycles. The molecule has 0 amide bonds. The SMILES string of the molecule is O=C(O)CC1(N2CCCC3CCCCC32)CNC1. The zero-order chi connectivity index (χ0) is 12.6. The van der Waals surface area contributed by atoms with Gasteiger partial charge in [0.2, 0.25) is 0 Å². The van der Waals surface area contributed by atoms with E-state index in [1.54, 1.807) is 0 Å². The van der Waals surface area contributed by atoms with Crippen LogP contribution in [0.25, 0.3) is 0 Å². The van der Waals surface area contributed by atoms with E-state index in [2.05, 4.69) is 10.2 Å². The molecule has 2 N–H and O–H groups in total. The standard InChI is InChI=1S/C14H24N2O2/c17-13(18)8-14(9-15-10-14)16-7-3-5-11-4-1-2-6-12(11)16/h11-12,15H,1-10H2,(H,17,18). The van der Waals surface area contributed by atoms with Crippen molar-refractivity contribution in [1.29, 1.82) is 0 Å². The third-order valence-corrected chi connectivity index (χ3v) is 5.24. The number of nitrogens with one attached hydrogen (secondary N) is 1. The van der Waals surface area contributed by atoms with E-state index in [9.17, 15) is 9.90 Å². The van der Waals surface area contributed by atoms with Crippen LogP contribution in [-0.4, -0.2) is 47.2 Å². The maximum Gasteiger partial charge on any atom is 0.305 e. The summed E-state index contributed by atoms with van der Waals surface area (Å²) in [5.74, 6) is 0.188. The summed E-state index contributed by atoms with van der Waals surface area (Å²) < 4.78 is 0. The highest BCUT2D eigenvalue weighted by Gasteiger charge is 2.49. The summed E-state index contributed by atoms with van der Waals surface area (Å²) in [5.41, 5.74) is -0.0769. The van der Waals surface area contributed by atoms with Gasteiger partial charge >= 0.3 is 5.97 Å². The monoisotopic (exact) mass is 252 g/mol. The van der Waals surface area contributed by atoms with Gasteiger partial charge in [-0.05, 0) is 38.1 Å². The van der Waals surface area contributed by atoms with Gasteiger partial charge in [-0.3, -0.25) is 9.69 Å². The molecule has 0 aromatic rings. The van der Waals surface area contributed by atoms with Crippen molar-refractivity contribution in [3.05, 3.63) is 0 Å². The fraction of sp³-hybridized carbons (Fsp3) is 0.929. The third kappa shape index (κ3) is 2.05. The number of carbonyl (C=O) groups is 1. The molecule has 3 fully saturated rings. The van der Waals surface area contributed by atoms with Crippen molar-refractivity contribution >= 4 is 5.97 Å². The fourth-order valence-corrected chi connectivity index (χ4v) is 4.34. The highest BCUT2D eigenvalue weighted by Crippen LogP contribution is 2.40. The van der Waals surface area contributed by atoms with Gasteiger partial charge in [-0.2, -0.15) is 0 Å². The van der Waals surface area contributed by atoms with Crippen molar-refractivity contribution < 1.29 is 9.90 Å². The molecule has 0 bridgehead atoms. The fourth-order valence-electron chi connectivity index (χ4n) is 4.34. The van der Waals surface area contributed by atoms with E-state index < -0.39 is 5.97 Å². The second-order valence-corrected chi connectivity index (χ2v) is 6.35. The number of piperidine rings is 1.